The summed E-state index contributed by atoms with van der Waals surface area (Å²) >= 11 is 0. The smallest absolute Gasteiger partial charge is 0.0295 e. The molecule has 0 spiro atoms. The van der Waals surface area contributed by atoms with Crippen LogP contribution in [0.5, 0.6) is 0 Å². The van der Waals surface area contributed by atoms with Crippen LogP contribution in [0.15, 0.2) is 36.7 Å². The lowest BCUT2D eigenvalue weighted by Gasteiger charge is -2.19. The van der Waals surface area contributed by atoms with E-state index in [4.69, 9.17) is 0 Å². The van der Waals surface area contributed by atoms with Crippen molar-refractivity contribution in [2.24, 2.45) is 0 Å². The lowest BCUT2D eigenvalue weighted by atomic mass is 10.1. The van der Waals surface area contributed by atoms with Gasteiger partial charge >= 0.3 is 0 Å². The van der Waals surface area contributed by atoms with E-state index in [0.717, 1.165) is 12.8 Å². The van der Waals surface area contributed by atoms with E-state index in [1.165, 1.54) is 5.56 Å². The lowest BCUT2D eigenvalue weighted by Crippen LogP contribution is -2.29. The monoisotopic (exact) mass is 188 g/mol. The summed E-state index contributed by atoms with van der Waals surface area (Å²) in [5.41, 5.74) is 1.31. The maximum atomic E-state index is 4.02. The molecule has 0 saturated heterocycles. The average molecular weight is 188 g/mol. The minimum atomic E-state index is 0.419. The third-order valence-corrected chi connectivity index (χ3v) is 2.70. The molecule has 2 nitrogen and oxygen atoms in total. The Bertz CT molecular complexity index is 297. The fourth-order valence-electron chi connectivity index (χ4n) is 1.86. The number of hydrogen-bond acceptors (Lipinski definition) is 2. The zero-order chi connectivity index (χ0) is 9.80. The van der Waals surface area contributed by atoms with Gasteiger partial charge in [-0.05, 0) is 37.5 Å². The molecule has 74 valence electrons. The second-order valence-corrected chi connectivity index (χ2v) is 3.81. The predicted molar refractivity (Wildman–Crippen MR) is 57.9 cm³/mol. The van der Waals surface area contributed by atoms with Crippen molar-refractivity contribution in [3.63, 3.8) is 0 Å². The Morgan fingerprint density at radius 1 is 1.29 bits per heavy atom. The number of pyridine rings is 1. The van der Waals surface area contributed by atoms with Crippen molar-refractivity contribution >= 4 is 0 Å². The van der Waals surface area contributed by atoms with Gasteiger partial charge in [0.2, 0.25) is 0 Å². The average Bonchev–Trinajstić information content (AvgIpc) is 2.72. The Morgan fingerprint density at radius 2 is 1.93 bits per heavy atom. The summed E-state index contributed by atoms with van der Waals surface area (Å²) in [6.45, 7) is 2.20. The Morgan fingerprint density at radius 3 is 2.57 bits per heavy atom. The lowest BCUT2D eigenvalue weighted by molar-refractivity contribution is 0.471. The van der Waals surface area contributed by atoms with Crippen LogP contribution in [-0.2, 0) is 0 Å². The third kappa shape index (κ3) is 2.20. The molecular weight excluding hydrogens is 172 g/mol. The van der Waals surface area contributed by atoms with Gasteiger partial charge in [-0.25, -0.2) is 0 Å². The van der Waals surface area contributed by atoms with Crippen molar-refractivity contribution in [2.45, 2.75) is 31.8 Å². The van der Waals surface area contributed by atoms with Gasteiger partial charge in [0.05, 0.1) is 0 Å². The standard InChI is InChI=1S/C12H16N2/c1-10(11-6-8-13-9-7-11)14-12-4-2-3-5-12/h2-3,6-10,12,14H,4-5H2,1H3. The first-order chi connectivity index (χ1) is 6.86. The Hall–Kier alpha value is -1.15. The summed E-state index contributed by atoms with van der Waals surface area (Å²) in [6, 6.07) is 5.18. The summed E-state index contributed by atoms with van der Waals surface area (Å²) in [4.78, 5) is 4.02. The van der Waals surface area contributed by atoms with E-state index in [-0.39, 0.29) is 0 Å². The summed E-state index contributed by atoms with van der Waals surface area (Å²) in [7, 11) is 0. The van der Waals surface area contributed by atoms with Gasteiger partial charge in [-0.2, -0.15) is 0 Å². The van der Waals surface area contributed by atoms with Crippen LogP contribution in [0.4, 0.5) is 0 Å². The summed E-state index contributed by atoms with van der Waals surface area (Å²) in [6.07, 6.45) is 10.5. The zero-order valence-corrected chi connectivity index (χ0v) is 8.48. The second-order valence-electron chi connectivity index (χ2n) is 3.81. The largest absolute Gasteiger partial charge is 0.307 e. The van der Waals surface area contributed by atoms with Crippen LogP contribution >= 0.6 is 0 Å². The van der Waals surface area contributed by atoms with Crippen molar-refractivity contribution in [3.05, 3.63) is 42.2 Å². The van der Waals surface area contributed by atoms with Crippen molar-refractivity contribution in [2.75, 3.05) is 0 Å². The van der Waals surface area contributed by atoms with E-state index in [1.807, 2.05) is 12.4 Å². The molecule has 0 amide bonds. The molecule has 2 heteroatoms. The molecule has 0 bridgehead atoms. The summed E-state index contributed by atoms with van der Waals surface area (Å²) in [5.74, 6) is 0. The van der Waals surface area contributed by atoms with E-state index >= 15 is 0 Å². The van der Waals surface area contributed by atoms with Gasteiger partial charge in [-0.1, -0.05) is 12.2 Å². The third-order valence-electron chi connectivity index (χ3n) is 2.70. The van der Waals surface area contributed by atoms with Gasteiger partial charge in [-0.3, -0.25) is 4.98 Å². The molecule has 0 radical (unpaired) electrons. The highest BCUT2D eigenvalue weighted by Crippen LogP contribution is 2.16. The molecular formula is C12H16N2. The normalized spacial score (nSPS) is 18.6. The summed E-state index contributed by atoms with van der Waals surface area (Å²) < 4.78 is 0. The molecule has 1 aliphatic carbocycles. The number of hydrogen-bond donors (Lipinski definition) is 1. The highest BCUT2D eigenvalue weighted by atomic mass is 14.9. The van der Waals surface area contributed by atoms with E-state index in [0.29, 0.717) is 12.1 Å². The zero-order valence-electron chi connectivity index (χ0n) is 8.48. The fourth-order valence-corrected chi connectivity index (χ4v) is 1.86. The van der Waals surface area contributed by atoms with Crippen molar-refractivity contribution in [1.29, 1.82) is 0 Å². The molecule has 0 fully saturated rings. The maximum absolute atomic E-state index is 4.02. The van der Waals surface area contributed by atoms with Gasteiger partial charge < -0.3 is 5.32 Å². The highest BCUT2D eigenvalue weighted by molar-refractivity contribution is 5.14. The van der Waals surface area contributed by atoms with E-state index < -0.39 is 0 Å². The molecule has 1 aliphatic rings. The van der Waals surface area contributed by atoms with Crippen LogP contribution in [0.3, 0.4) is 0 Å². The van der Waals surface area contributed by atoms with Gasteiger partial charge in [-0.15, -0.1) is 0 Å². The fraction of sp³-hybridized carbons (Fsp3) is 0.417. The second kappa shape index (κ2) is 4.38. The minimum Gasteiger partial charge on any atom is -0.307 e. The number of nitrogens with zero attached hydrogens (tertiary/aromatic N) is 1. The van der Waals surface area contributed by atoms with E-state index in [1.54, 1.807) is 0 Å². The highest BCUT2D eigenvalue weighted by Gasteiger charge is 2.13. The Labute approximate surface area is 85.1 Å². The van der Waals surface area contributed by atoms with Crippen LogP contribution in [0.1, 0.15) is 31.4 Å². The first kappa shape index (κ1) is 9.41. The number of rotatable bonds is 3. The molecule has 0 saturated carbocycles. The van der Waals surface area contributed by atoms with E-state index in [2.05, 4.69) is 41.5 Å². The SMILES string of the molecule is CC(NC1CC=CC1)c1ccncc1. The molecule has 1 atom stereocenters. The molecule has 1 heterocycles. The molecule has 1 N–H and O–H groups in total. The van der Waals surface area contributed by atoms with Crippen LogP contribution < -0.4 is 5.32 Å². The first-order valence-electron chi connectivity index (χ1n) is 5.17. The van der Waals surface area contributed by atoms with Crippen LogP contribution in [0.25, 0.3) is 0 Å². The van der Waals surface area contributed by atoms with Crippen LogP contribution in [0.2, 0.25) is 0 Å². The molecule has 2 rings (SSSR count). The molecule has 0 aliphatic heterocycles. The van der Waals surface area contributed by atoms with Gasteiger partial charge in [0.1, 0.15) is 0 Å². The van der Waals surface area contributed by atoms with Crippen molar-refractivity contribution < 1.29 is 0 Å². The summed E-state index contributed by atoms with van der Waals surface area (Å²) in [5, 5.41) is 3.60. The Kier molecular flexibility index (Phi) is 2.94. The molecule has 0 aromatic carbocycles. The Balaban J connectivity index is 1.92. The molecule has 1 aromatic heterocycles. The minimum absolute atomic E-state index is 0.419. The topological polar surface area (TPSA) is 24.9 Å². The van der Waals surface area contributed by atoms with Gasteiger partial charge in [0, 0.05) is 24.5 Å². The van der Waals surface area contributed by atoms with Crippen molar-refractivity contribution in [3.8, 4) is 0 Å². The van der Waals surface area contributed by atoms with Crippen LogP contribution in [0, 0.1) is 0 Å². The molecule has 1 aromatic rings. The maximum Gasteiger partial charge on any atom is 0.0295 e. The van der Waals surface area contributed by atoms with Gasteiger partial charge in [0.25, 0.3) is 0 Å². The van der Waals surface area contributed by atoms with E-state index in [9.17, 15) is 0 Å². The molecule has 14 heavy (non-hydrogen) atoms. The van der Waals surface area contributed by atoms with Crippen LogP contribution in [-0.4, -0.2) is 11.0 Å². The number of nitrogens with one attached hydrogen (secondary N) is 1. The molecule has 1 unspecified atom stereocenters. The first-order valence-corrected chi connectivity index (χ1v) is 5.17. The van der Waals surface area contributed by atoms with Gasteiger partial charge in [0.15, 0.2) is 0 Å². The predicted octanol–water partition coefficient (Wildman–Crippen LogP) is 2.45. The number of aromatic nitrogens is 1. The quantitative estimate of drug-likeness (QED) is 0.737. The van der Waals surface area contributed by atoms with Crippen molar-refractivity contribution in [1.82, 2.24) is 10.3 Å².